The van der Waals surface area contributed by atoms with Crippen molar-refractivity contribution in [1.29, 1.82) is 0 Å². The molecule has 0 spiro atoms. The smallest absolute Gasteiger partial charge is 0.279 e. The van der Waals surface area contributed by atoms with Crippen molar-refractivity contribution in [3.8, 4) is 11.5 Å². The number of halogens is 1. The summed E-state index contributed by atoms with van der Waals surface area (Å²) >= 11 is 5.93. The van der Waals surface area contributed by atoms with E-state index in [0.29, 0.717) is 27.9 Å². The molecule has 188 valence electrons. The molecule has 0 aliphatic heterocycles. The number of carbonyl (C=O) groups is 2. The monoisotopic (exact) mass is 519 g/mol. The number of benzene rings is 1. The van der Waals surface area contributed by atoms with Crippen LogP contribution in [0.2, 0.25) is 5.02 Å². The van der Waals surface area contributed by atoms with Crippen LogP contribution in [0.25, 0.3) is 0 Å². The summed E-state index contributed by atoms with van der Waals surface area (Å²) in [5.74, 6) is 0.187. The predicted molar refractivity (Wildman–Crippen MR) is 138 cm³/mol. The molecule has 0 aliphatic rings. The number of ether oxygens (including phenoxy) is 1. The number of nitrogens with two attached hydrogens (primary N) is 1. The van der Waals surface area contributed by atoms with Gasteiger partial charge in [-0.3, -0.25) is 28.9 Å². The molecule has 0 saturated heterocycles. The Morgan fingerprint density at radius 1 is 1.03 bits per heavy atom. The van der Waals surface area contributed by atoms with E-state index < -0.39 is 11.5 Å². The molecule has 37 heavy (non-hydrogen) atoms. The first kappa shape index (κ1) is 25.3. The third kappa shape index (κ3) is 6.47. The minimum Gasteiger partial charge on any atom is -0.457 e. The quantitative estimate of drug-likeness (QED) is 0.302. The Bertz CT molecular complexity index is 1490. The zero-order valence-corrected chi connectivity index (χ0v) is 20.4. The number of carbonyl (C=O) groups excluding carboxylic acids is 2. The molecule has 11 nitrogen and oxygen atoms in total. The minimum atomic E-state index is -0.655. The number of hydrogen-bond donors (Lipinski definition) is 3. The van der Waals surface area contributed by atoms with Crippen LogP contribution in [0, 0.1) is 0 Å². The van der Waals surface area contributed by atoms with E-state index in [1.54, 1.807) is 49.4 Å². The van der Waals surface area contributed by atoms with E-state index in [2.05, 4.69) is 25.6 Å². The summed E-state index contributed by atoms with van der Waals surface area (Å²) in [6.07, 6.45) is 4.44. The first-order chi connectivity index (χ1) is 17.8. The molecule has 0 radical (unpaired) electrons. The summed E-state index contributed by atoms with van der Waals surface area (Å²) in [4.78, 5) is 48.9. The molecule has 0 atom stereocenters. The van der Waals surface area contributed by atoms with Gasteiger partial charge in [0.2, 0.25) is 11.9 Å². The van der Waals surface area contributed by atoms with Crippen LogP contribution in [0.5, 0.6) is 11.5 Å². The number of nitrogens with zero attached hydrogens (tertiary/aromatic N) is 4. The largest absolute Gasteiger partial charge is 0.457 e. The highest BCUT2D eigenvalue weighted by atomic mass is 35.5. The SMILES string of the molecule is CCC(=O)Nc1cnc(Nc2ccc(Oc3ccnc(C(N)=O)c3)cc2)n(Cc2ccc(Cl)cn2)c1=O. The summed E-state index contributed by atoms with van der Waals surface area (Å²) in [6.45, 7) is 1.78. The van der Waals surface area contributed by atoms with E-state index in [4.69, 9.17) is 22.1 Å². The van der Waals surface area contributed by atoms with Gasteiger partial charge in [-0.2, -0.15) is 0 Å². The molecule has 0 aliphatic carbocycles. The Morgan fingerprint density at radius 3 is 2.49 bits per heavy atom. The third-order valence-electron chi connectivity index (χ3n) is 5.08. The first-order valence-corrected chi connectivity index (χ1v) is 11.5. The van der Waals surface area contributed by atoms with Crippen molar-refractivity contribution in [2.45, 2.75) is 19.9 Å². The molecule has 12 heteroatoms. The summed E-state index contributed by atoms with van der Waals surface area (Å²) in [5.41, 5.74) is 6.16. The van der Waals surface area contributed by atoms with Gasteiger partial charge in [0.15, 0.2) is 0 Å². The van der Waals surface area contributed by atoms with Crippen molar-refractivity contribution in [3.63, 3.8) is 0 Å². The molecule has 1 aromatic carbocycles. The second-order valence-electron chi connectivity index (χ2n) is 7.75. The normalized spacial score (nSPS) is 10.5. The molecule has 4 aromatic rings. The van der Waals surface area contributed by atoms with Crippen LogP contribution in [0.15, 0.2) is 71.9 Å². The molecule has 2 amide bonds. The van der Waals surface area contributed by atoms with E-state index in [1.165, 1.54) is 29.2 Å². The Kier molecular flexibility index (Phi) is 7.74. The van der Waals surface area contributed by atoms with Crippen molar-refractivity contribution in [2.24, 2.45) is 5.73 Å². The molecule has 4 rings (SSSR count). The lowest BCUT2D eigenvalue weighted by Crippen LogP contribution is -2.28. The Hall–Kier alpha value is -4.77. The maximum Gasteiger partial charge on any atom is 0.279 e. The van der Waals surface area contributed by atoms with Crippen molar-refractivity contribution in [2.75, 3.05) is 10.6 Å². The molecular weight excluding hydrogens is 498 g/mol. The highest BCUT2D eigenvalue weighted by Crippen LogP contribution is 2.24. The molecule has 4 N–H and O–H groups in total. The van der Waals surface area contributed by atoms with Gasteiger partial charge in [0.1, 0.15) is 22.9 Å². The molecule has 0 fully saturated rings. The van der Waals surface area contributed by atoms with Crippen LogP contribution in [0.3, 0.4) is 0 Å². The Morgan fingerprint density at radius 2 is 1.81 bits per heavy atom. The van der Waals surface area contributed by atoms with E-state index in [9.17, 15) is 14.4 Å². The van der Waals surface area contributed by atoms with E-state index >= 15 is 0 Å². The van der Waals surface area contributed by atoms with Crippen molar-refractivity contribution >= 4 is 40.7 Å². The predicted octanol–water partition coefficient (Wildman–Crippen LogP) is 3.72. The molecule has 0 saturated carbocycles. The van der Waals surface area contributed by atoms with Crippen LogP contribution in [-0.4, -0.2) is 31.3 Å². The summed E-state index contributed by atoms with van der Waals surface area (Å²) in [7, 11) is 0. The number of amides is 2. The van der Waals surface area contributed by atoms with Crippen molar-refractivity contribution in [1.82, 2.24) is 19.5 Å². The second-order valence-corrected chi connectivity index (χ2v) is 8.19. The maximum absolute atomic E-state index is 13.2. The lowest BCUT2D eigenvalue weighted by molar-refractivity contribution is -0.115. The second kappa shape index (κ2) is 11.3. The minimum absolute atomic E-state index is 0.0581. The number of pyridine rings is 2. The number of nitrogens with one attached hydrogen (secondary N) is 2. The number of primary amides is 1. The van der Waals surface area contributed by atoms with Crippen molar-refractivity contribution in [3.05, 3.63) is 93.9 Å². The van der Waals surface area contributed by atoms with Gasteiger partial charge in [-0.05, 0) is 42.5 Å². The van der Waals surface area contributed by atoms with Crippen LogP contribution >= 0.6 is 11.6 Å². The molecule has 0 bridgehead atoms. The standard InChI is InChI=1S/C25H22ClN7O4/c1-2-22(34)32-21-13-30-25(33(24(21)36)14-17-4-3-15(26)12-29-17)31-16-5-7-18(8-6-16)37-19-9-10-28-20(11-19)23(27)35/h3-13H,2,14H2,1H3,(H2,27,35)(H,30,31)(H,32,34). The van der Waals surface area contributed by atoms with Gasteiger partial charge in [0, 0.05) is 30.6 Å². The number of rotatable bonds is 9. The van der Waals surface area contributed by atoms with E-state index in [-0.39, 0.29) is 36.2 Å². The van der Waals surface area contributed by atoms with Crippen LogP contribution in [-0.2, 0) is 11.3 Å². The summed E-state index contributed by atoms with van der Waals surface area (Å²) in [5, 5.41) is 6.16. The fraction of sp³-hybridized carbons (Fsp3) is 0.120. The van der Waals surface area contributed by atoms with E-state index in [0.717, 1.165) is 0 Å². The lowest BCUT2D eigenvalue weighted by atomic mass is 10.3. The fourth-order valence-electron chi connectivity index (χ4n) is 3.21. The van der Waals surface area contributed by atoms with Gasteiger partial charge in [0.25, 0.3) is 11.5 Å². The average Bonchev–Trinajstić information content (AvgIpc) is 2.90. The van der Waals surface area contributed by atoms with Gasteiger partial charge < -0.3 is 21.1 Å². The maximum atomic E-state index is 13.2. The van der Waals surface area contributed by atoms with Crippen molar-refractivity contribution < 1.29 is 14.3 Å². The average molecular weight is 520 g/mol. The number of anilines is 3. The zero-order chi connectivity index (χ0) is 26.4. The topological polar surface area (TPSA) is 154 Å². The van der Waals surface area contributed by atoms with Crippen LogP contribution in [0.1, 0.15) is 29.5 Å². The Labute approximate surface area is 216 Å². The van der Waals surface area contributed by atoms with Crippen LogP contribution in [0.4, 0.5) is 17.3 Å². The first-order valence-electron chi connectivity index (χ1n) is 11.1. The van der Waals surface area contributed by atoms with Gasteiger partial charge >= 0.3 is 0 Å². The number of hydrogen-bond acceptors (Lipinski definition) is 8. The zero-order valence-electron chi connectivity index (χ0n) is 19.6. The fourth-order valence-corrected chi connectivity index (χ4v) is 3.32. The Balaban J connectivity index is 1.58. The highest BCUT2D eigenvalue weighted by Gasteiger charge is 2.14. The summed E-state index contributed by atoms with van der Waals surface area (Å²) in [6, 6.07) is 13.3. The summed E-state index contributed by atoms with van der Waals surface area (Å²) < 4.78 is 7.13. The molecule has 0 unspecified atom stereocenters. The third-order valence-corrected chi connectivity index (χ3v) is 5.30. The molecular formula is C25H22ClN7O4. The van der Waals surface area contributed by atoms with Crippen LogP contribution < -0.4 is 26.7 Å². The molecule has 3 aromatic heterocycles. The van der Waals surface area contributed by atoms with Gasteiger partial charge in [-0.15, -0.1) is 0 Å². The van der Waals surface area contributed by atoms with E-state index in [1.807, 2.05) is 0 Å². The lowest BCUT2D eigenvalue weighted by Gasteiger charge is -2.15. The number of aromatic nitrogens is 4. The molecule has 3 heterocycles. The van der Waals surface area contributed by atoms with Gasteiger partial charge in [-0.1, -0.05) is 18.5 Å². The van der Waals surface area contributed by atoms with Gasteiger partial charge in [0.05, 0.1) is 23.5 Å². The highest BCUT2D eigenvalue weighted by molar-refractivity contribution is 6.30. The van der Waals surface area contributed by atoms with Gasteiger partial charge in [-0.25, -0.2) is 4.98 Å².